The number of guanidine groups is 1. The van der Waals surface area contributed by atoms with Gasteiger partial charge in [-0.05, 0) is 19.8 Å². The van der Waals surface area contributed by atoms with Crippen LogP contribution in [-0.2, 0) is 13.0 Å². The summed E-state index contributed by atoms with van der Waals surface area (Å²) in [6.07, 6.45) is 2.02. The van der Waals surface area contributed by atoms with Crippen LogP contribution in [0.4, 0.5) is 0 Å². The van der Waals surface area contributed by atoms with Crippen LogP contribution in [0.3, 0.4) is 0 Å². The Bertz CT molecular complexity index is 346. The molecule has 0 aliphatic carbocycles. The standard InChI is InChI=1S/C11H20N4S/c1-4-8(3)14-11(12)13-6-9-7-16-10(5-2)15-9/h7-8H,4-6H2,1-3H3,(H3,12,13,14). The Kier molecular flexibility index (Phi) is 5.25. The Morgan fingerprint density at radius 1 is 1.62 bits per heavy atom. The van der Waals surface area contributed by atoms with Gasteiger partial charge in [0.25, 0.3) is 0 Å². The van der Waals surface area contributed by atoms with Crippen LogP contribution in [0.15, 0.2) is 10.4 Å². The lowest BCUT2D eigenvalue weighted by atomic mass is 10.3. The quantitative estimate of drug-likeness (QED) is 0.610. The molecule has 1 rings (SSSR count). The van der Waals surface area contributed by atoms with Crippen molar-refractivity contribution in [2.45, 2.75) is 46.2 Å². The zero-order chi connectivity index (χ0) is 12.0. The fourth-order valence-electron chi connectivity index (χ4n) is 1.15. The maximum atomic E-state index is 5.75. The smallest absolute Gasteiger partial charge is 0.189 e. The number of aryl methyl sites for hydroxylation is 1. The fourth-order valence-corrected chi connectivity index (χ4v) is 1.89. The van der Waals surface area contributed by atoms with Crippen molar-refractivity contribution in [3.05, 3.63) is 16.1 Å². The number of hydrogen-bond donors (Lipinski definition) is 2. The molecule has 0 spiro atoms. The highest BCUT2D eigenvalue weighted by Crippen LogP contribution is 2.10. The van der Waals surface area contributed by atoms with Crippen molar-refractivity contribution in [1.29, 1.82) is 0 Å². The molecular weight excluding hydrogens is 220 g/mol. The number of nitrogens with two attached hydrogens (primary N) is 1. The van der Waals surface area contributed by atoms with Gasteiger partial charge >= 0.3 is 0 Å². The lowest BCUT2D eigenvalue weighted by molar-refractivity contribution is 0.636. The first-order chi connectivity index (χ1) is 7.65. The molecule has 0 amide bonds. The average Bonchev–Trinajstić information content (AvgIpc) is 2.74. The maximum Gasteiger partial charge on any atom is 0.189 e. The number of hydrogen-bond acceptors (Lipinski definition) is 3. The van der Waals surface area contributed by atoms with Gasteiger partial charge in [0.05, 0.1) is 17.2 Å². The summed E-state index contributed by atoms with van der Waals surface area (Å²) in [5.41, 5.74) is 6.75. The van der Waals surface area contributed by atoms with Gasteiger partial charge in [0, 0.05) is 11.4 Å². The third-order valence-corrected chi connectivity index (χ3v) is 3.36. The Morgan fingerprint density at radius 3 is 2.94 bits per heavy atom. The summed E-state index contributed by atoms with van der Waals surface area (Å²) < 4.78 is 0. The van der Waals surface area contributed by atoms with E-state index >= 15 is 0 Å². The summed E-state index contributed by atoms with van der Waals surface area (Å²) in [7, 11) is 0. The molecule has 1 aromatic heterocycles. The molecule has 16 heavy (non-hydrogen) atoms. The molecule has 0 fully saturated rings. The molecule has 1 atom stereocenters. The van der Waals surface area contributed by atoms with Crippen molar-refractivity contribution in [3.8, 4) is 0 Å². The summed E-state index contributed by atoms with van der Waals surface area (Å²) in [5, 5.41) is 6.32. The predicted molar refractivity (Wildman–Crippen MR) is 69.7 cm³/mol. The summed E-state index contributed by atoms with van der Waals surface area (Å²) >= 11 is 1.68. The largest absolute Gasteiger partial charge is 0.370 e. The van der Waals surface area contributed by atoms with E-state index in [1.165, 1.54) is 0 Å². The van der Waals surface area contributed by atoms with Crippen molar-refractivity contribution < 1.29 is 0 Å². The molecule has 1 unspecified atom stereocenters. The fraction of sp³-hybridized carbons (Fsp3) is 0.636. The van der Waals surface area contributed by atoms with Crippen molar-refractivity contribution in [1.82, 2.24) is 10.3 Å². The minimum Gasteiger partial charge on any atom is -0.370 e. The SMILES string of the molecule is CCc1nc(CN=C(N)NC(C)CC)cs1. The van der Waals surface area contributed by atoms with E-state index in [2.05, 4.69) is 36.1 Å². The number of aromatic nitrogens is 1. The Balaban J connectivity index is 2.45. The molecule has 1 heterocycles. The minimum absolute atomic E-state index is 0.366. The van der Waals surface area contributed by atoms with Gasteiger partial charge in [-0.25, -0.2) is 9.98 Å². The molecule has 5 heteroatoms. The molecule has 0 bridgehead atoms. The molecule has 0 aromatic carbocycles. The van der Waals surface area contributed by atoms with E-state index in [1.807, 2.05) is 5.38 Å². The Hall–Kier alpha value is -1.10. The Labute approximate surface area is 101 Å². The second kappa shape index (κ2) is 6.48. The first kappa shape index (κ1) is 13.0. The predicted octanol–water partition coefficient (Wildman–Crippen LogP) is 1.91. The summed E-state index contributed by atoms with van der Waals surface area (Å²) in [5.74, 6) is 0.500. The average molecular weight is 240 g/mol. The first-order valence-electron chi connectivity index (χ1n) is 5.65. The van der Waals surface area contributed by atoms with Crippen molar-refractivity contribution >= 4 is 17.3 Å². The zero-order valence-corrected chi connectivity index (χ0v) is 11.0. The lowest BCUT2D eigenvalue weighted by Crippen LogP contribution is -2.38. The third-order valence-electron chi connectivity index (χ3n) is 2.32. The second-order valence-electron chi connectivity index (χ2n) is 3.74. The van der Waals surface area contributed by atoms with E-state index in [1.54, 1.807) is 11.3 Å². The summed E-state index contributed by atoms with van der Waals surface area (Å²) in [6, 6.07) is 0.366. The lowest BCUT2D eigenvalue weighted by Gasteiger charge is -2.11. The molecule has 0 aliphatic rings. The molecule has 1 aromatic rings. The van der Waals surface area contributed by atoms with E-state index in [9.17, 15) is 0 Å². The molecular formula is C11H20N4S. The molecule has 4 nitrogen and oxygen atoms in total. The molecule has 0 saturated carbocycles. The van der Waals surface area contributed by atoms with E-state index in [0.29, 0.717) is 18.5 Å². The molecule has 0 radical (unpaired) electrons. The number of aliphatic imine (C=N–C) groups is 1. The van der Waals surface area contributed by atoms with Gasteiger partial charge in [0.15, 0.2) is 5.96 Å². The molecule has 0 aliphatic heterocycles. The van der Waals surface area contributed by atoms with Crippen LogP contribution in [-0.4, -0.2) is 17.0 Å². The van der Waals surface area contributed by atoms with E-state index in [0.717, 1.165) is 23.5 Å². The highest BCUT2D eigenvalue weighted by molar-refractivity contribution is 7.09. The maximum absolute atomic E-state index is 5.75. The van der Waals surface area contributed by atoms with Gasteiger partial charge in [-0.15, -0.1) is 11.3 Å². The normalized spacial score (nSPS) is 13.8. The van der Waals surface area contributed by atoms with Crippen molar-refractivity contribution in [2.75, 3.05) is 0 Å². The number of nitrogens with zero attached hydrogens (tertiary/aromatic N) is 2. The topological polar surface area (TPSA) is 63.3 Å². The van der Waals surface area contributed by atoms with E-state index in [4.69, 9.17) is 5.73 Å². The van der Waals surface area contributed by atoms with Crippen LogP contribution >= 0.6 is 11.3 Å². The highest BCUT2D eigenvalue weighted by Gasteiger charge is 2.01. The second-order valence-corrected chi connectivity index (χ2v) is 4.68. The van der Waals surface area contributed by atoms with E-state index in [-0.39, 0.29) is 0 Å². The van der Waals surface area contributed by atoms with Gasteiger partial charge in [-0.3, -0.25) is 0 Å². The van der Waals surface area contributed by atoms with E-state index < -0.39 is 0 Å². The zero-order valence-electron chi connectivity index (χ0n) is 10.2. The van der Waals surface area contributed by atoms with Crippen molar-refractivity contribution in [3.63, 3.8) is 0 Å². The summed E-state index contributed by atoms with van der Waals surface area (Å²) in [6.45, 7) is 6.86. The Morgan fingerprint density at radius 2 is 2.38 bits per heavy atom. The first-order valence-corrected chi connectivity index (χ1v) is 6.53. The molecule has 90 valence electrons. The van der Waals surface area contributed by atoms with Gasteiger partial charge in [-0.2, -0.15) is 0 Å². The van der Waals surface area contributed by atoms with Crippen LogP contribution in [0.25, 0.3) is 0 Å². The molecule has 0 saturated heterocycles. The minimum atomic E-state index is 0.366. The van der Waals surface area contributed by atoms with Crippen molar-refractivity contribution in [2.24, 2.45) is 10.7 Å². The monoisotopic (exact) mass is 240 g/mol. The van der Waals surface area contributed by atoms with Gasteiger partial charge < -0.3 is 11.1 Å². The highest BCUT2D eigenvalue weighted by atomic mass is 32.1. The van der Waals surface area contributed by atoms with Crippen LogP contribution in [0.5, 0.6) is 0 Å². The third kappa shape index (κ3) is 4.18. The van der Waals surface area contributed by atoms with Gasteiger partial charge in [-0.1, -0.05) is 13.8 Å². The molecule has 3 N–H and O–H groups in total. The van der Waals surface area contributed by atoms with Crippen LogP contribution in [0.2, 0.25) is 0 Å². The van der Waals surface area contributed by atoms with Crippen LogP contribution in [0, 0.1) is 0 Å². The van der Waals surface area contributed by atoms with Crippen LogP contribution < -0.4 is 11.1 Å². The van der Waals surface area contributed by atoms with Crippen LogP contribution in [0.1, 0.15) is 37.9 Å². The number of rotatable bonds is 5. The van der Waals surface area contributed by atoms with Gasteiger partial charge in [0.1, 0.15) is 0 Å². The van der Waals surface area contributed by atoms with Gasteiger partial charge in [0.2, 0.25) is 0 Å². The summed E-state index contributed by atoms with van der Waals surface area (Å²) in [4.78, 5) is 8.69. The number of thiazole rings is 1. The number of nitrogens with one attached hydrogen (secondary N) is 1.